The van der Waals surface area contributed by atoms with Gasteiger partial charge in [0, 0.05) is 16.3 Å². The number of nitrogens with one attached hydrogen (secondary N) is 1. The number of nitrogens with zero attached hydrogens (tertiary/aromatic N) is 3. The summed E-state index contributed by atoms with van der Waals surface area (Å²) in [6.07, 6.45) is 0. The minimum absolute atomic E-state index is 0.168. The highest BCUT2D eigenvalue weighted by Crippen LogP contribution is 2.35. The maximum Gasteiger partial charge on any atom is 0.183 e. The van der Waals surface area contributed by atoms with E-state index in [1.807, 2.05) is 19.1 Å². The van der Waals surface area contributed by atoms with E-state index in [9.17, 15) is 5.26 Å². The van der Waals surface area contributed by atoms with Gasteiger partial charge in [0.15, 0.2) is 5.65 Å². The second-order valence-corrected chi connectivity index (χ2v) is 4.85. The molecule has 2 aromatic heterocycles. The fraction of sp³-hybridized carbons (Fsp3) is 0.0714. The largest absolute Gasteiger partial charge is 0.383 e. The van der Waals surface area contributed by atoms with Crippen LogP contribution in [0, 0.1) is 18.3 Å². The average molecular weight is 284 g/mol. The van der Waals surface area contributed by atoms with E-state index in [1.165, 1.54) is 0 Å². The number of fused-ring (bicyclic) bond motifs is 1. The van der Waals surface area contributed by atoms with Crippen molar-refractivity contribution in [3.05, 3.63) is 40.5 Å². The van der Waals surface area contributed by atoms with Crippen molar-refractivity contribution < 1.29 is 0 Å². The van der Waals surface area contributed by atoms with Gasteiger partial charge >= 0.3 is 0 Å². The number of nitrogen functional groups attached to an aromatic ring is 1. The molecule has 0 bridgehead atoms. The first-order chi connectivity index (χ1) is 9.61. The maximum atomic E-state index is 9.38. The third-order valence-electron chi connectivity index (χ3n) is 3.14. The third-order valence-corrected chi connectivity index (χ3v) is 3.37. The second-order valence-electron chi connectivity index (χ2n) is 4.42. The zero-order chi connectivity index (χ0) is 14.3. The molecule has 0 amide bonds. The molecule has 6 heteroatoms. The van der Waals surface area contributed by atoms with Crippen LogP contribution in [0.2, 0.25) is 5.02 Å². The summed E-state index contributed by atoms with van der Waals surface area (Å²) in [7, 11) is 0. The van der Waals surface area contributed by atoms with Crippen molar-refractivity contribution in [3.63, 3.8) is 0 Å². The van der Waals surface area contributed by atoms with Crippen LogP contribution in [0.5, 0.6) is 0 Å². The van der Waals surface area contributed by atoms with E-state index in [1.54, 1.807) is 12.1 Å². The molecule has 3 aromatic rings. The van der Waals surface area contributed by atoms with Crippen LogP contribution in [0.3, 0.4) is 0 Å². The van der Waals surface area contributed by atoms with Crippen LogP contribution in [0.15, 0.2) is 24.3 Å². The van der Waals surface area contributed by atoms with E-state index in [2.05, 4.69) is 21.3 Å². The molecule has 0 aliphatic heterocycles. The Balaban J connectivity index is 2.49. The first-order valence-electron chi connectivity index (χ1n) is 5.92. The topological polar surface area (TPSA) is 91.4 Å². The summed E-state index contributed by atoms with van der Waals surface area (Å²) in [4.78, 5) is 4.16. The Kier molecular flexibility index (Phi) is 2.81. The van der Waals surface area contributed by atoms with E-state index >= 15 is 0 Å². The van der Waals surface area contributed by atoms with Crippen molar-refractivity contribution in [2.75, 3.05) is 5.73 Å². The van der Waals surface area contributed by atoms with Crippen molar-refractivity contribution in [2.24, 2.45) is 0 Å². The van der Waals surface area contributed by atoms with Gasteiger partial charge in [0.05, 0.1) is 5.39 Å². The van der Waals surface area contributed by atoms with E-state index in [0.29, 0.717) is 21.8 Å². The number of aromatic nitrogens is 3. The standard InChI is InChI=1S/C14H10ClN5/c1-7-11-12(8-3-2-4-9(15)5-8)10(6-16)13(17)18-14(11)20-19-7/h2-5H,1H3,(H3,17,18,19,20). The maximum absolute atomic E-state index is 9.38. The third kappa shape index (κ3) is 1.78. The highest BCUT2D eigenvalue weighted by molar-refractivity contribution is 6.31. The molecular weight excluding hydrogens is 274 g/mol. The van der Waals surface area contributed by atoms with Gasteiger partial charge in [-0.3, -0.25) is 5.10 Å². The Hall–Kier alpha value is -2.58. The van der Waals surface area contributed by atoms with E-state index < -0.39 is 0 Å². The van der Waals surface area contributed by atoms with Gasteiger partial charge in [-0.25, -0.2) is 4.98 Å². The lowest BCUT2D eigenvalue weighted by molar-refractivity contribution is 1.06. The molecule has 3 rings (SSSR count). The monoisotopic (exact) mass is 283 g/mol. The summed E-state index contributed by atoms with van der Waals surface area (Å²) in [5.41, 5.74) is 9.06. The SMILES string of the molecule is Cc1[nH]nc2nc(N)c(C#N)c(-c3cccc(Cl)c3)c12. The van der Waals surface area contributed by atoms with Crippen LogP contribution < -0.4 is 5.73 Å². The van der Waals surface area contributed by atoms with Crippen LogP contribution in [-0.4, -0.2) is 15.2 Å². The number of rotatable bonds is 1. The number of halogens is 1. The van der Waals surface area contributed by atoms with E-state index in [-0.39, 0.29) is 5.82 Å². The van der Waals surface area contributed by atoms with Gasteiger partial charge in [0.1, 0.15) is 17.5 Å². The van der Waals surface area contributed by atoms with Gasteiger partial charge in [0.2, 0.25) is 0 Å². The molecule has 0 radical (unpaired) electrons. The molecule has 1 aromatic carbocycles. The smallest absolute Gasteiger partial charge is 0.183 e. The number of aromatic amines is 1. The fourth-order valence-electron chi connectivity index (χ4n) is 2.27. The molecule has 2 heterocycles. The molecule has 0 fully saturated rings. The lowest BCUT2D eigenvalue weighted by atomic mass is 9.97. The molecule has 0 aliphatic rings. The molecule has 98 valence electrons. The minimum atomic E-state index is 0.168. The van der Waals surface area contributed by atoms with Crippen molar-refractivity contribution in [3.8, 4) is 17.2 Å². The van der Waals surface area contributed by atoms with E-state index in [0.717, 1.165) is 16.6 Å². The molecule has 0 saturated carbocycles. The number of benzene rings is 1. The minimum Gasteiger partial charge on any atom is -0.383 e. The summed E-state index contributed by atoms with van der Waals surface area (Å²) < 4.78 is 0. The Morgan fingerprint density at radius 1 is 1.40 bits per heavy atom. The Morgan fingerprint density at radius 3 is 2.90 bits per heavy atom. The molecular formula is C14H10ClN5. The summed E-state index contributed by atoms with van der Waals surface area (Å²) in [5.74, 6) is 0.168. The van der Waals surface area contributed by atoms with Gasteiger partial charge in [0.25, 0.3) is 0 Å². The number of anilines is 1. The predicted octanol–water partition coefficient (Wildman–Crippen LogP) is 3.04. The molecule has 5 nitrogen and oxygen atoms in total. The zero-order valence-electron chi connectivity index (χ0n) is 10.6. The van der Waals surface area contributed by atoms with Crippen molar-refractivity contribution >= 4 is 28.5 Å². The van der Waals surface area contributed by atoms with Crippen molar-refractivity contribution in [1.29, 1.82) is 5.26 Å². The van der Waals surface area contributed by atoms with Crippen LogP contribution in [-0.2, 0) is 0 Å². The summed E-state index contributed by atoms with van der Waals surface area (Å²) in [5, 5.41) is 17.7. The second kappa shape index (κ2) is 4.51. The summed E-state index contributed by atoms with van der Waals surface area (Å²) >= 11 is 6.04. The average Bonchev–Trinajstić information content (AvgIpc) is 2.78. The Morgan fingerprint density at radius 2 is 2.20 bits per heavy atom. The number of hydrogen-bond acceptors (Lipinski definition) is 4. The first-order valence-corrected chi connectivity index (χ1v) is 6.30. The van der Waals surface area contributed by atoms with Crippen molar-refractivity contribution in [2.45, 2.75) is 6.92 Å². The normalized spacial score (nSPS) is 10.7. The van der Waals surface area contributed by atoms with Gasteiger partial charge < -0.3 is 5.73 Å². The molecule has 20 heavy (non-hydrogen) atoms. The first kappa shape index (κ1) is 12.5. The molecule has 0 spiro atoms. The van der Waals surface area contributed by atoms with Crippen LogP contribution >= 0.6 is 11.6 Å². The quantitative estimate of drug-likeness (QED) is 0.718. The van der Waals surface area contributed by atoms with Crippen molar-refractivity contribution in [1.82, 2.24) is 15.2 Å². The van der Waals surface area contributed by atoms with Gasteiger partial charge in [-0.15, -0.1) is 0 Å². The van der Waals surface area contributed by atoms with Crippen LogP contribution in [0.25, 0.3) is 22.2 Å². The number of aryl methyl sites for hydroxylation is 1. The number of H-pyrrole nitrogens is 1. The van der Waals surface area contributed by atoms with Gasteiger partial charge in [-0.1, -0.05) is 23.7 Å². The molecule has 0 atom stereocenters. The Labute approximate surface area is 120 Å². The highest BCUT2D eigenvalue weighted by atomic mass is 35.5. The number of nitriles is 1. The van der Waals surface area contributed by atoms with Gasteiger partial charge in [-0.05, 0) is 24.6 Å². The molecule has 3 N–H and O–H groups in total. The molecule has 0 unspecified atom stereocenters. The summed E-state index contributed by atoms with van der Waals surface area (Å²) in [6.45, 7) is 1.88. The van der Waals surface area contributed by atoms with Gasteiger partial charge in [-0.2, -0.15) is 10.4 Å². The fourth-order valence-corrected chi connectivity index (χ4v) is 2.46. The Bertz CT molecular complexity index is 860. The summed E-state index contributed by atoms with van der Waals surface area (Å²) in [6, 6.07) is 9.40. The number of hydrogen-bond donors (Lipinski definition) is 2. The zero-order valence-corrected chi connectivity index (χ0v) is 11.4. The van der Waals surface area contributed by atoms with Crippen LogP contribution in [0.1, 0.15) is 11.3 Å². The predicted molar refractivity (Wildman–Crippen MR) is 78.2 cm³/mol. The molecule has 0 aliphatic carbocycles. The lowest BCUT2D eigenvalue weighted by Crippen LogP contribution is -1.99. The lowest BCUT2D eigenvalue weighted by Gasteiger charge is -2.09. The molecule has 0 saturated heterocycles. The number of nitrogens with two attached hydrogens (primary N) is 1. The highest BCUT2D eigenvalue weighted by Gasteiger charge is 2.18. The van der Waals surface area contributed by atoms with Crippen LogP contribution in [0.4, 0.5) is 5.82 Å². The number of pyridine rings is 1. The van der Waals surface area contributed by atoms with E-state index in [4.69, 9.17) is 17.3 Å².